The van der Waals surface area contributed by atoms with Gasteiger partial charge in [-0.3, -0.25) is 33.6 Å². The van der Waals surface area contributed by atoms with E-state index in [1.807, 2.05) is 0 Å². The molecule has 55 atom stereocenters. The second-order valence-corrected chi connectivity index (χ2v) is 36.0. The Kier molecular flexibility index (Phi) is 42.1. The predicted octanol–water partition coefficient (Wildman–Crippen LogP) is -22.9. The fourth-order valence-corrected chi connectivity index (χ4v) is 18.4. The van der Waals surface area contributed by atoms with Crippen LogP contribution in [0.1, 0.15) is 55.4 Å². The first kappa shape index (κ1) is 117. The molecule has 7 amide bonds. The highest BCUT2D eigenvalue weighted by Gasteiger charge is 2.63. The number of aliphatic hydroxyl groups is 27. The SMILES string of the molecule is CC(=O)N[C@@H]1[C@@H](O)[C@H](O[C@@H]2O[C@H](CO)[C@@H](O[C@@H]3O[C@H](CO[C@H]4O[C@H](CO[C@@H]5O[C@H](CO)[C@@H](O[C@@H]6O[C@H](CO)[C@H](O)[C@H](O)[C@H]6NC(C)=O)[C@H](O)[C@H]5NC(C)=O)[C@@H](O)[C@H](O)[C@@H]4O[C@@H]4O[C@H](CO)[C@@H](O)[C@H](O)[C@H]4NC(C)=O)[C@@H](O)[C@H](O[C@H]4O[C@H](CO)[C@@H](O)[C@H](O)[C@@H]4O[C@@H]4O[C@H](CO)[C@@H](O[C@@H]5O[C@H](CO)[C@H](O)[C@H](O)[C@H]5NC(C)=O)[C@H](O)[C@H]4NC(C)=O)[C@@H]3O)[C@H](O)[C@H]2NC(C)=O)[C@@H](CO[C@@H]2O[C@@H](C)[C@@H](O)[C@@H](O)[C@@H]2O)O[C@H]1O. The van der Waals surface area contributed by atoms with Crippen LogP contribution in [0.15, 0.2) is 0 Å². The van der Waals surface area contributed by atoms with Gasteiger partial charge < -0.3 is 275 Å². The highest BCUT2D eigenvalue weighted by Crippen LogP contribution is 2.42. The molecule has 0 unspecified atom stereocenters. The van der Waals surface area contributed by atoms with Crippen LogP contribution >= 0.6 is 0 Å². The molecule has 34 N–H and O–H groups in total. The van der Waals surface area contributed by atoms with E-state index in [0.717, 1.165) is 48.5 Å². The molecular formula is C80H133N7O55. The average molecular weight is 2070 g/mol. The molecule has 62 nitrogen and oxygen atoms in total. The molecule has 11 fully saturated rings. The standard InChI is InChI=1S/C80H133N7O55/c1-19-44(102)58(116)61(119)77(125-19)123-18-36-66(54(112)37(70(121)126-36)81-20(2)95)138-75-42(86-25(7)100)57(115)65(33(15-94)132-75)139-78-62(120)67(140-80-69(59(117)48(106)30(12-91)130-80)142-76-43(87-26(8)101)56(114)64(32(14-93)133-76)137-73-39(83-22(4)97)52(110)46(104)28(10-89)128-73)50(108)35(134-78)17-124-79-68(141-74-40(84-23(5)98)53(111)47(105)29(11-90)129-74)60(118)49(107)34(135-79)16-122-71-41(85-24(6)99)55(113)63(31(13-92)131-71)136-72-38(82-21(3)96)51(109)45(103)27(9-88)127-72/h19,27-80,88-94,102-121H,9-18H2,1-8H3,(H,81,95)(H,82,96)(H,83,97)(H,84,98)(H,85,99)(H,86,100)(H,87,101)/t19-,27+,28+,29+,30+,31+,32+,33+,34+,35+,36+,37+,38+,39+,40+,41+,42+,43+,44+,45-,46-,47+,48+,49+,50+,51+,52+,53+,54+,55+,56+,57+,58+,59-,60-,61-,62-,63+,64+,65+,66+,67-,68-,69-,70+,71+,72-,73-,74-,75-,76-,77+,78-,79-,80+/m0/s1. The first-order chi connectivity index (χ1) is 67.0. The van der Waals surface area contributed by atoms with E-state index in [0.29, 0.717) is 0 Å². The van der Waals surface area contributed by atoms with Crippen molar-refractivity contribution in [1.29, 1.82) is 0 Å². The van der Waals surface area contributed by atoms with Gasteiger partial charge in [0.1, 0.15) is 262 Å². The minimum Gasteiger partial charge on any atom is -0.394 e. The van der Waals surface area contributed by atoms with Gasteiger partial charge in [0.05, 0.1) is 72.2 Å². The van der Waals surface area contributed by atoms with Crippen LogP contribution in [0.5, 0.6) is 0 Å². The molecule has 142 heavy (non-hydrogen) atoms. The van der Waals surface area contributed by atoms with E-state index in [1.165, 1.54) is 6.92 Å². The summed E-state index contributed by atoms with van der Waals surface area (Å²) in [5.74, 6) is -6.43. The van der Waals surface area contributed by atoms with Crippen molar-refractivity contribution >= 4 is 41.4 Å². The van der Waals surface area contributed by atoms with Gasteiger partial charge in [-0.1, -0.05) is 0 Å². The number of aliphatic hydroxyl groups excluding tert-OH is 27. The van der Waals surface area contributed by atoms with E-state index in [2.05, 4.69) is 37.2 Å². The molecular weight excluding hydrogens is 1940 g/mol. The van der Waals surface area contributed by atoms with Crippen molar-refractivity contribution in [2.24, 2.45) is 0 Å². The Bertz CT molecular complexity index is 4030. The lowest BCUT2D eigenvalue weighted by Crippen LogP contribution is -2.71. The third kappa shape index (κ3) is 26.7. The van der Waals surface area contributed by atoms with E-state index in [9.17, 15) is 171 Å². The van der Waals surface area contributed by atoms with Crippen LogP contribution in [-0.2, 0) is 133 Å². The minimum absolute atomic E-state index is 0.812. The van der Waals surface area contributed by atoms with Crippen molar-refractivity contribution in [3.8, 4) is 0 Å². The number of hydrogen-bond donors (Lipinski definition) is 34. The summed E-state index contributed by atoms with van der Waals surface area (Å²) >= 11 is 0. The summed E-state index contributed by atoms with van der Waals surface area (Å²) in [5, 5.41) is 325. The van der Waals surface area contributed by atoms with Crippen LogP contribution in [0.4, 0.5) is 0 Å². The number of rotatable bonds is 37. The number of carbonyl (C=O) groups is 7. The predicted molar refractivity (Wildman–Crippen MR) is 442 cm³/mol. The molecule has 0 saturated carbocycles. The van der Waals surface area contributed by atoms with Gasteiger partial charge in [-0.15, -0.1) is 0 Å². The fourth-order valence-electron chi connectivity index (χ4n) is 18.4. The second kappa shape index (κ2) is 51.3. The van der Waals surface area contributed by atoms with Gasteiger partial charge in [-0.05, 0) is 6.92 Å². The molecule has 62 heteroatoms. The zero-order chi connectivity index (χ0) is 105. The van der Waals surface area contributed by atoms with Crippen molar-refractivity contribution in [2.45, 2.75) is 393 Å². The van der Waals surface area contributed by atoms with Gasteiger partial charge in [0.15, 0.2) is 69.2 Å². The van der Waals surface area contributed by atoms with E-state index in [-0.39, 0.29) is 0 Å². The van der Waals surface area contributed by atoms with E-state index < -0.39 is 445 Å². The number of hydrogen-bond acceptors (Lipinski definition) is 55. The highest BCUT2D eigenvalue weighted by atomic mass is 16.8. The van der Waals surface area contributed by atoms with Crippen LogP contribution in [0, 0.1) is 0 Å². The van der Waals surface area contributed by atoms with Crippen molar-refractivity contribution in [2.75, 3.05) is 66.1 Å². The molecule has 11 heterocycles. The summed E-state index contributed by atoms with van der Waals surface area (Å²) in [7, 11) is 0. The zero-order valence-corrected chi connectivity index (χ0v) is 77.3. The monoisotopic (exact) mass is 2070 g/mol. The Labute approximate surface area is 805 Å². The second-order valence-electron chi connectivity index (χ2n) is 36.0. The first-order valence-corrected chi connectivity index (χ1v) is 45.5. The van der Waals surface area contributed by atoms with E-state index in [1.54, 1.807) is 0 Å². The quantitative estimate of drug-likeness (QED) is 0.0275. The molecule has 11 aliphatic rings. The first-order valence-electron chi connectivity index (χ1n) is 45.5. The molecule has 0 radical (unpaired) electrons. The lowest BCUT2D eigenvalue weighted by molar-refractivity contribution is -0.398. The maximum absolute atomic E-state index is 13.4. The maximum Gasteiger partial charge on any atom is 0.217 e. The van der Waals surface area contributed by atoms with Gasteiger partial charge >= 0.3 is 0 Å². The molecule has 11 saturated heterocycles. The summed E-state index contributed by atoms with van der Waals surface area (Å²) in [6.07, 6.45) is -101. The van der Waals surface area contributed by atoms with Crippen molar-refractivity contribution in [3.05, 3.63) is 0 Å². The molecule has 11 aliphatic heterocycles. The normalized spacial score (nSPS) is 47.5. The smallest absolute Gasteiger partial charge is 0.217 e. The Hall–Kier alpha value is -5.63. The molecule has 0 aromatic heterocycles. The van der Waals surface area contributed by atoms with Gasteiger partial charge in [0.2, 0.25) is 41.4 Å². The number of ether oxygens (including phenoxy) is 21. The van der Waals surface area contributed by atoms with Crippen molar-refractivity contribution in [3.63, 3.8) is 0 Å². The summed E-state index contributed by atoms with van der Waals surface area (Å²) in [6, 6.07) is -13.1. The van der Waals surface area contributed by atoms with Crippen molar-refractivity contribution < 1.29 is 271 Å². The minimum atomic E-state index is -2.71. The van der Waals surface area contributed by atoms with Gasteiger partial charge in [0.25, 0.3) is 0 Å². The highest BCUT2D eigenvalue weighted by molar-refractivity contribution is 5.75. The Morgan fingerprint density at radius 2 is 0.444 bits per heavy atom. The molecule has 818 valence electrons. The molecule has 0 spiro atoms. The van der Waals surface area contributed by atoms with Gasteiger partial charge in [0, 0.05) is 48.5 Å². The average Bonchev–Trinajstić information content (AvgIpc) is 0.756. The van der Waals surface area contributed by atoms with E-state index >= 15 is 0 Å². The summed E-state index contributed by atoms with van der Waals surface area (Å²) in [6.45, 7) is -3.32. The molecule has 0 aromatic carbocycles. The Morgan fingerprint density at radius 1 is 0.197 bits per heavy atom. The number of amides is 7. The van der Waals surface area contributed by atoms with E-state index in [4.69, 9.17) is 99.5 Å². The lowest BCUT2D eigenvalue weighted by atomic mass is 9.93. The number of nitrogens with one attached hydrogen (secondary N) is 7. The summed E-state index contributed by atoms with van der Waals surface area (Å²) in [5.41, 5.74) is 0. The number of carbonyl (C=O) groups excluding carboxylic acids is 7. The molecule has 0 bridgehead atoms. The third-order valence-electron chi connectivity index (χ3n) is 25.7. The van der Waals surface area contributed by atoms with Crippen LogP contribution in [-0.4, -0.2) is 583 Å². The topological polar surface area (TPSA) is 944 Å². The van der Waals surface area contributed by atoms with Crippen molar-refractivity contribution in [1.82, 2.24) is 37.2 Å². The maximum atomic E-state index is 13.4. The van der Waals surface area contributed by atoms with Crippen LogP contribution < -0.4 is 37.2 Å². The Morgan fingerprint density at radius 3 is 0.817 bits per heavy atom. The van der Waals surface area contributed by atoms with Crippen LogP contribution in [0.3, 0.4) is 0 Å². The molecule has 11 rings (SSSR count). The van der Waals surface area contributed by atoms with Crippen LogP contribution in [0.25, 0.3) is 0 Å². The molecule has 0 aromatic rings. The fraction of sp³-hybridized carbons (Fsp3) is 0.912. The summed E-state index contributed by atoms with van der Waals surface area (Å²) < 4.78 is 127. The largest absolute Gasteiger partial charge is 0.394 e. The van der Waals surface area contributed by atoms with Gasteiger partial charge in [-0.25, -0.2) is 0 Å². The third-order valence-corrected chi connectivity index (χ3v) is 25.7. The molecule has 0 aliphatic carbocycles. The van der Waals surface area contributed by atoms with Gasteiger partial charge in [-0.2, -0.15) is 0 Å². The summed E-state index contributed by atoms with van der Waals surface area (Å²) in [4.78, 5) is 90.1. The zero-order valence-electron chi connectivity index (χ0n) is 77.3. The van der Waals surface area contributed by atoms with Crippen LogP contribution in [0.2, 0.25) is 0 Å². The lowest BCUT2D eigenvalue weighted by Gasteiger charge is -2.51. The Balaban J connectivity index is 0.958.